The molecule has 1 aliphatic carbocycles. The number of nitrogens with zero attached hydrogens (tertiary/aromatic N) is 1. The molecule has 3 aromatic rings. The molecule has 5 rings (SSSR count). The highest BCUT2D eigenvalue weighted by molar-refractivity contribution is 5.97. The van der Waals surface area contributed by atoms with Crippen LogP contribution in [0.1, 0.15) is 55.2 Å². The van der Waals surface area contributed by atoms with E-state index in [1.54, 1.807) is 19.1 Å². The topological polar surface area (TPSA) is 110 Å². The molecule has 2 aliphatic rings. The molecule has 0 unspecified atom stereocenters. The number of carbonyl (C=O) groups excluding carboxylic acids is 3. The standard InChI is InChI=1S/C28H28FN3O6/c1-4-36-27(35)38-22-14-32(25(33)16-5-7-17(29)8-6-16)15-28(2,3)23-20-12-11-19(13-21(20)31-24(22)23)37-26(34)30-18-9-10-18/h5-8,11-14,18,31H,4,9-10,15H2,1-3H3,(H,30,34). The minimum atomic E-state index is -0.919. The number of rotatable bonds is 5. The number of nitrogens with one attached hydrogen (secondary N) is 2. The average molecular weight is 522 g/mol. The van der Waals surface area contributed by atoms with E-state index in [1.807, 2.05) is 19.9 Å². The van der Waals surface area contributed by atoms with Crippen molar-refractivity contribution in [1.82, 2.24) is 15.2 Å². The van der Waals surface area contributed by atoms with Crippen LogP contribution in [0.25, 0.3) is 16.7 Å². The number of amides is 2. The molecule has 2 aromatic carbocycles. The summed E-state index contributed by atoms with van der Waals surface area (Å²) in [6, 6.07) is 10.6. The van der Waals surface area contributed by atoms with E-state index in [1.165, 1.54) is 35.4 Å². The number of H-pyrrole nitrogens is 1. The van der Waals surface area contributed by atoms with Gasteiger partial charge in [0.05, 0.1) is 18.5 Å². The SMILES string of the molecule is CCOC(=O)OC1=CN(C(=O)c2ccc(F)cc2)CC(C)(C)c2c1[nH]c1cc(OC(=O)NC3CC3)ccc21. The molecule has 198 valence electrons. The number of fused-ring (bicyclic) bond motifs is 3. The maximum Gasteiger partial charge on any atom is 0.513 e. The lowest BCUT2D eigenvalue weighted by atomic mass is 9.82. The van der Waals surface area contributed by atoms with Gasteiger partial charge in [0.15, 0.2) is 5.76 Å². The summed E-state index contributed by atoms with van der Waals surface area (Å²) in [5.74, 6) is -0.385. The fourth-order valence-electron chi connectivity index (χ4n) is 4.62. The number of hydrogen-bond acceptors (Lipinski definition) is 6. The molecule has 0 atom stereocenters. The quantitative estimate of drug-likeness (QED) is 0.432. The molecule has 0 bridgehead atoms. The van der Waals surface area contributed by atoms with Crippen molar-refractivity contribution >= 4 is 34.8 Å². The van der Waals surface area contributed by atoms with Gasteiger partial charge in [0.1, 0.15) is 11.6 Å². The summed E-state index contributed by atoms with van der Waals surface area (Å²) >= 11 is 0. The summed E-state index contributed by atoms with van der Waals surface area (Å²) in [6.07, 6.45) is 1.91. The van der Waals surface area contributed by atoms with E-state index in [9.17, 15) is 18.8 Å². The molecular formula is C28H28FN3O6. The molecule has 0 saturated heterocycles. The first-order valence-corrected chi connectivity index (χ1v) is 12.4. The van der Waals surface area contributed by atoms with Crippen LogP contribution in [0, 0.1) is 5.82 Å². The Labute approximate surface area is 218 Å². The van der Waals surface area contributed by atoms with Crippen molar-refractivity contribution < 1.29 is 33.0 Å². The van der Waals surface area contributed by atoms with Gasteiger partial charge < -0.3 is 29.4 Å². The third kappa shape index (κ3) is 5.20. The van der Waals surface area contributed by atoms with E-state index in [0.29, 0.717) is 17.0 Å². The van der Waals surface area contributed by atoms with Crippen molar-refractivity contribution in [1.29, 1.82) is 0 Å². The van der Waals surface area contributed by atoms with E-state index < -0.39 is 23.5 Å². The number of hydrogen-bond donors (Lipinski definition) is 2. The Morgan fingerprint density at radius 2 is 1.84 bits per heavy atom. The molecule has 0 spiro atoms. The Bertz CT molecular complexity index is 1440. The van der Waals surface area contributed by atoms with Gasteiger partial charge >= 0.3 is 12.2 Å². The Morgan fingerprint density at radius 3 is 2.53 bits per heavy atom. The lowest BCUT2D eigenvalue weighted by molar-refractivity contribution is 0.0788. The average Bonchev–Trinajstić information content (AvgIpc) is 3.60. The summed E-state index contributed by atoms with van der Waals surface area (Å²) < 4.78 is 29.5. The van der Waals surface area contributed by atoms with Crippen molar-refractivity contribution in [2.24, 2.45) is 0 Å². The van der Waals surface area contributed by atoms with Crippen LogP contribution in [0.15, 0.2) is 48.7 Å². The number of halogens is 1. The summed E-state index contributed by atoms with van der Waals surface area (Å²) in [6.45, 7) is 5.95. The molecular weight excluding hydrogens is 493 g/mol. The van der Waals surface area contributed by atoms with Crippen LogP contribution < -0.4 is 10.1 Å². The summed E-state index contributed by atoms with van der Waals surface area (Å²) in [4.78, 5) is 42.6. The Kier molecular flexibility index (Phi) is 6.56. The Hall–Kier alpha value is -4.34. The number of aromatic amines is 1. The summed E-state index contributed by atoms with van der Waals surface area (Å²) in [5.41, 5.74) is 1.64. The van der Waals surface area contributed by atoms with Crippen LogP contribution in [0.2, 0.25) is 0 Å². The van der Waals surface area contributed by atoms with Crippen LogP contribution in [0.3, 0.4) is 0 Å². The van der Waals surface area contributed by atoms with Crippen LogP contribution in [-0.4, -0.2) is 47.2 Å². The van der Waals surface area contributed by atoms with Crippen molar-refractivity contribution in [2.45, 2.75) is 45.1 Å². The maximum atomic E-state index is 13.5. The van der Waals surface area contributed by atoms with Gasteiger partial charge in [-0.1, -0.05) is 13.8 Å². The lowest BCUT2D eigenvalue weighted by Crippen LogP contribution is -2.36. The second-order valence-electron chi connectivity index (χ2n) is 9.99. The molecule has 2 heterocycles. The highest BCUT2D eigenvalue weighted by Crippen LogP contribution is 2.41. The van der Waals surface area contributed by atoms with Crippen molar-refractivity contribution in [2.75, 3.05) is 13.2 Å². The molecule has 1 aliphatic heterocycles. The van der Waals surface area contributed by atoms with Gasteiger partial charge in [-0.2, -0.15) is 0 Å². The minimum absolute atomic E-state index is 0.0876. The molecule has 1 fully saturated rings. The zero-order valence-electron chi connectivity index (χ0n) is 21.3. The Balaban J connectivity index is 1.55. The van der Waals surface area contributed by atoms with Crippen LogP contribution in [0.4, 0.5) is 14.0 Å². The van der Waals surface area contributed by atoms with Gasteiger partial charge in [-0.05, 0) is 61.7 Å². The lowest BCUT2D eigenvalue weighted by Gasteiger charge is -2.29. The summed E-state index contributed by atoms with van der Waals surface area (Å²) in [5, 5.41) is 3.60. The van der Waals surface area contributed by atoms with Gasteiger partial charge in [-0.15, -0.1) is 0 Å². The molecule has 10 heteroatoms. The van der Waals surface area contributed by atoms with Gasteiger partial charge in [0, 0.05) is 40.5 Å². The third-order valence-electron chi connectivity index (χ3n) is 6.45. The maximum absolute atomic E-state index is 13.5. The normalized spacial score (nSPS) is 16.2. The fourth-order valence-corrected chi connectivity index (χ4v) is 4.62. The van der Waals surface area contributed by atoms with Crippen molar-refractivity contribution in [3.63, 3.8) is 0 Å². The van der Waals surface area contributed by atoms with Gasteiger partial charge in [0.25, 0.3) is 5.91 Å². The highest BCUT2D eigenvalue weighted by atomic mass is 19.1. The van der Waals surface area contributed by atoms with E-state index in [4.69, 9.17) is 14.2 Å². The van der Waals surface area contributed by atoms with Crippen LogP contribution in [0.5, 0.6) is 5.75 Å². The van der Waals surface area contributed by atoms with E-state index in [2.05, 4.69) is 10.3 Å². The molecule has 1 aromatic heterocycles. The zero-order chi connectivity index (χ0) is 27.0. The number of carbonyl (C=O) groups is 3. The van der Waals surface area contributed by atoms with Gasteiger partial charge in [-0.25, -0.2) is 14.0 Å². The zero-order valence-corrected chi connectivity index (χ0v) is 21.3. The van der Waals surface area contributed by atoms with Crippen molar-refractivity contribution in [3.8, 4) is 5.75 Å². The monoisotopic (exact) mass is 521 g/mol. The van der Waals surface area contributed by atoms with E-state index in [0.717, 1.165) is 23.8 Å². The minimum Gasteiger partial charge on any atom is -0.434 e. The molecule has 2 amide bonds. The third-order valence-corrected chi connectivity index (χ3v) is 6.45. The highest BCUT2D eigenvalue weighted by Gasteiger charge is 2.37. The first-order valence-electron chi connectivity index (χ1n) is 12.4. The Morgan fingerprint density at radius 1 is 1.11 bits per heavy atom. The largest absolute Gasteiger partial charge is 0.513 e. The number of aromatic nitrogens is 1. The summed E-state index contributed by atoms with van der Waals surface area (Å²) in [7, 11) is 0. The van der Waals surface area contributed by atoms with Gasteiger partial charge in [0.2, 0.25) is 0 Å². The van der Waals surface area contributed by atoms with E-state index >= 15 is 0 Å². The van der Waals surface area contributed by atoms with Gasteiger partial charge in [-0.3, -0.25) is 4.79 Å². The second kappa shape index (κ2) is 9.85. The first kappa shape index (κ1) is 25.3. The first-order chi connectivity index (χ1) is 18.1. The molecule has 9 nitrogen and oxygen atoms in total. The van der Waals surface area contributed by atoms with Crippen LogP contribution in [-0.2, 0) is 14.9 Å². The van der Waals surface area contributed by atoms with Crippen LogP contribution >= 0.6 is 0 Å². The number of ether oxygens (including phenoxy) is 3. The predicted molar refractivity (Wildman–Crippen MR) is 137 cm³/mol. The molecule has 0 radical (unpaired) electrons. The predicted octanol–water partition coefficient (Wildman–Crippen LogP) is 5.46. The number of benzene rings is 2. The molecule has 1 saturated carbocycles. The molecule has 2 N–H and O–H groups in total. The molecule has 38 heavy (non-hydrogen) atoms. The van der Waals surface area contributed by atoms with E-state index in [-0.39, 0.29) is 36.4 Å². The van der Waals surface area contributed by atoms with Crippen molar-refractivity contribution in [3.05, 3.63) is 71.3 Å². The second-order valence-corrected chi connectivity index (χ2v) is 9.99. The smallest absolute Gasteiger partial charge is 0.434 e. The fraction of sp³-hybridized carbons (Fsp3) is 0.321.